The fourth-order valence-corrected chi connectivity index (χ4v) is 2.19. The summed E-state index contributed by atoms with van der Waals surface area (Å²) in [6.45, 7) is 4.13. The zero-order chi connectivity index (χ0) is 14.1. The molecule has 0 fully saturated rings. The monoisotopic (exact) mass is 264 g/mol. The molecule has 0 saturated heterocycles. The van der Waals surface area contributed by atoms with Crippen molar-refractivity contribution in [2.45, 2.75) is 13.8 Å². The molecule has 0 aliphatic carbocycles. The van der Waals surface area contributed by atoms with Crippen molar-refractivity contribution in [3.63, 3.8) is 0 Å². The first kappa shape index (κ1) is 12.4. The number of nitrogens with one attached hydrogen (secondary N) is 1. The summed E-state index contributed by atoms with van der Waals surface area (Å²) in [4.78, 5) is 8.57. The van der Waals surface area contributed by atoms with Gasteiger partial charge in [-0.2, -0.15) is 4.98 Å². The Morgan fingerprint density at radius 3 is 2.65 bits per heavy atom. The Labute approximate surface area is 117 Å². The van der Waals surface area contributed by atoms with Gasteiger partial charge in [-0.3, -0.25) is 0 Å². The van der Waals surface area contributed by atoms with E-state index in [9.17, 15) is 0 Å². The molecule has 1 heterocycles. The molecule has 0 radical (unpaired) electrons. The Balaban J connectivity index is 2.13. The van der Waals surface area contributed by atoms with Crippen molar-refractivity contribution in [3.05, 3.63) is 53.6 Å². The molecule has 4 nitrogen and oxygen atoms in total. The Bertz CT molecular complexity index is 781. The summed E-state index contributed by atoms with van der Waals surface area (Å²) < 4.78 is 0. The standard InChI is InChI=1S/C16H16N4/c1-10-7-8-11(2)14(9-10)18-15-12-5-3-4-6-13(12)19-16(17)20-15/h3-9H,1-2H3,(H3,17,18,19,20). The minimum atomic E-state index is 0.275. The van der Waals surface area contributed by atoms with Gasteiger partial charge in [-0.25, -0.2) is 4.98 Å². The third kappa shape index (κ3) is 2.28. The number of nitrogens with zero attached hydrogens (tertiary/aromatic N) is 2. The maximum absolute atomic E-state index is 5.78. The van der Waals surface area contributed by atoms with Gasteiger partial charge in [-0.05, 0) is 43.2 Å². The van der Waals surface area contributed by atoms with Gasteiger partial charge >= 0.3 is 0 Å². The maximum atomic E-state index is 5.78. The number of nitrogens with two attached hydrogens (primary N) is 1. The Morgan fingerprint density at radius 1 is 1.00 bits per heavy atom. The number of hydrogen-bond donors (Lipinski definition) is 2. The first-order valence-electron chi connectivity index (χ1n) is 6.50. The molecule has 0 saturated carbocycles. The Hall–Kier alpha value is -2.62. The minimum Gasteiger partial charge on any atom is -0.368 e. The van der Waals surface area contributed by atoms with Crippen molar-refractivity contribution >= 4 is 28.4 Å². The highest BCUT2D eigenvalue weighted by atomic mass is 15.1. The van der Waals surface area contributed by atoms with Gasteiger partial charge in [-0.15, -0.1) is 0 Å². The predicted octanol–water partition coefficient (Wildman–Crippen LogP) is 3.57. The molecule has 4 heteroatoms. The highest BCUT2D eigenvalue weighted by Crippen LogP contribution is 2.26. The van der Waals surface area contributed by atoms with E-state index in [1.54, 1.807) is 0 Å². The van der Waals surface area contributed by atoms with E-state index < -0.39 is 0 Å². The lowest BCUT2D eigenvalue weighted by Gasteiger charge is -2.12. The zero-order valence-corrected chi connectivity index (χ0v) is 11.5. The molecule has 1 aromatic heterocycles. The zero-order valence-electron chi connectivity index (χ0n) is 11.5. The van der Waals surface area contributed by atoms with Gasteiger partial charge in [0.1, 0.15) is 5.82 Å². The number of para-hydroxylation sites is 1. The molecule has 0 amide bonds. The van der Waals surface area contributed by atoms with Crippen molar-refractivity contribution in [2.24, 2.45) is 0 Å². The molecular formula is C16H16N4. The number of aryl methyl sites for hydroxylation is 2. The smallest absolute Gasteiger partial charge is 0.222 e. The van der Waals surface area contributed by atoms with E-state index in [0.717, 1.165) is 28.0 Å². The van der Waals surface area contributed by atoms with Crippen LogP contribution in [0.1, 0.15) is 11.1 Å². The number of fused-ring (bicyclic) bond motifs is 1. The second-order valence-electron chi connectivity index (χ2n) is 4.89. The molecule has 2 aromatic carbocycles. The van der Waals surface area contributed by atoms with Crippen LogP contribution in [0.4, 0.5) is 17.5 Å². The van der Waals surface area contributed by atoms with Gasteiger partial charge in [0.25, 0.3) is 0 Å². The van der Waals surface area contributed by atoms with E-state index >= 15 is 0 Å². The van der Waals surface area contributed by atoms with Gasteiger partial charge in [0.15, 0.2) is 0 Å². The fraction of sp³-hybridized carbons (Fsp3) is 0.125. The molecule has 3 N–H and O–H groups in total. The van der Waals surface area contributed by atoms with Gasteiger partial charge in [0.05, 0.1) is 5.52 Å². The van der Waals surface area contributed by atoms with Gasteiger partial charge in [0, 0.05) is 11.1 Å². The third-order valence-corrected chi connectivity index (χ3v) is 3.27. The normalized spacial score (nSPS) is 10.7. The molecular weight excluding hydrogens is 248 g/mol. The number of hydrogen-bond acceptors (Lipinski definition) is 4. The topological polar surface area (TPSA) is 63.8 Å². The quantitative estimate of drug-likeness (QED) is 0.742. The first-order valence-corrected chi connectivity index (χ1v) is 6.50. The predicted molar refractivity (Wildman–Crippen MR) is 83.1 cm³/mol. The van der Waals surface area contributed by atoms with E-state index in [1.807, 2.05) is 24.3 Å². The maximum Gasteiger partial charge on any atom is 0.222 e. The van der Waals surface area contributed by atoms with Crippen LogP contribution in [0.15, 0.2) is 42.5 Å². The Kier molecular flexibility index (Phi) is 2.99. The lowest BCUT2D eigenvalue weighted by atomic mass is 10.1. The number of anilines is 3. The Morgan fingerprint density at radius 2 is 1.80 bits per heavy atom. The van der Waals surface area contributed by atoms with Crippen LogP contribution >= 0.6 is 0 Å². The average Bonchev–Trinajstić information content (AvgIpc) is 2.43. The lowest BCUT2D eigenvalue weighted by molar-refractivity contribution is 1.23. The van der Waals surface area contributed by atoms with Crippen LogP contribution in [0.3, 0.4) is 0 Å². The SMILES string of the molecule is Cc1ccc(C)c(Nc2nc(N)nc3ccccc23)c1. The summed E-state index contributed by atoms with van der Waals surface area (Å²) in [5.74, 6) is 1.01. The van der Waals surface area contributed by atoms with Crippen molar-refractivity contribution in [3.8, 4) is 0 Å². The van der Waals surface area contributed by atoms with E-state index in [0.29, 0.717) is 0 Å². The summed E-state index contributed by atoms with van der Waals surface area (Å²) in [5.41, 5.74) is 10.0. The molecule has 20 heavy (non-hydrogen) atoms. The highest BCUT2D eigenvalue weighted by Gasteiger charge is 2.07. The lowest BCUT2D eigenvalue weighted by Crippen LogP contribution is -2.02. The second kappa shape index (κ2) is 4.81. The van der Waals surface area contributed by atoms with Crippen LogP contribution in [-0.2, 0) is 0 Å². The molecule has 0 aliphatic heterocycles. The third-order valence-electron chi connectivity index (χ3n) is 3.27. The van der Waals surface area contributed by atoms with Gasteiger partial charge in [-0.1, -0.05) is 24.3 Å². The summed E-state index contributed by atoms with van der Waals surface area (Å²) in [5, 5.41) is 4.33. The molecule has 0 bridgehead atoms. The number of rotatable bonds is 2. The number of aromatic nitrogens is 2. The van der Waals surface area contributed by atoms with Crippen LogP contribution < -0.4 is 11.1 Å². The molecule has 0 atom stereocenters. The summed E-state index contributed by atoms with van der Waals surface area (Å²) in [6.07, 6.45) is 0. The average molecular weight is 264 g/mol. The van der Waals surface area contributed by atoms with E-state index in [4.69, 9.17) is 5.73 Å². The second-order valence-corrected chi connectivity index (χ2v) is 4.89. The summed E-state index contributed by atoms with van der Waals surface area (Å²) in [6, 6.07) is 14.1. The fourth-order valence-electron chi connectivity index (χ4n) is 2.19. The van der Waals surface area contributed by atoms with E-state index in [2.05, 4.69) is 47.3 Å². The van der Waals surface area contributed by atoms with Crippen LogP contribution in [0.25, 0.3) is 10.9 Å². The van der Waals surface area contributed by atoms with E-state index in [-0.39, 0.29) is 5.95 Å². The molecule has 0 aliphatic rings. The minimum absolute atomic E-state index is 0.275. The van der Waals surface area contributed by atoms with Crippen molar-refractivity contribution < 1.29 is 0 Å². The van der Waals surface area contributed by atoms with Crippen molar-refractivity contribution in [1.82, 2.24) is 9.97 Å². The molecule has 3 aromatic rings. The highest BCUT2D eigenvalue weighted by molar-refractivity contribution is 5.91. The van der Waals surface area contributed by atoms with Crippen LogP contribution in [-0.4, -0.2) is 9.97 Å². The molecule has 3 rings (SSSR count). The van der Waals surface area contributed by atoms with Crippen LogP contribution in [0.5, 0.6) is 0 Å². The molecule has 0 unspecified atom stereocenters. The molecule has 100 valence electrons. The first-order chi connectivity index (χ1) is 9.63. The van der Waals surface area contributed by atoms with E-state index in [1.165, 1.54) is 5.56 Å². The number of benzene rings is 2. The van der Waals surface area contributed by atoms with Crippen LogP contribution in [0.2, 0.25) is 0 Å². The van der Waals surface area contributed by atoms with Gasteiger partial charge in [0.2, 0.25) is 5.95 Å². The van der Waals surface area contributed by atoms with Crippen molar-refractivity contribution in [1.29, 1.82) is 0 Å². The van der Waals surface area contributed by atoms with Gasteiger partial charge < -0.3 is 11.1 Å². The largest absolute Gasteiger partial charge is 0.368 e. The van der Waals surface area contributed by atoms with Crippen LogP contribution in [0, 0.1) is 13.8 Å². The number of nitrogen functional groups attached to an aromatic ring is 1. The molecule has 0 spiro atoms. The summed E-state index contributed by atoms with van der Waals surface area (Å²) >= 11 is 0. The van der Waals surface area contributed by atoms with Crippen molar-refractivity contribution in [2.75, 3.05) is 11.1 Å². The summed E-state index contributed by atoms with van der Waals surface area (Å²) in [7, 11) is 0.